The van der Waals surface area contributed by atoms with E-state index in [1.165, 1.54) is 4.90 Å². The third kappa shape index (κ3) is 3.75. The fraction of sp³-hybridized carbons (Fsp3) is 0.350. The summed E-state index contributed by atoms with van der Waals surface area (Å²) in [5.41, 5.74) is 5.77. The molecule has 0 saturated carbocycles. The number of amides is 3. The highest BCUT2D eigenvalue weighted by atomic mass is 16.6. The molecular weight excluding hydrogens is 378 g/mol. The molecule has 1 saturated heterocycles. The highest BCUT2D eigenvalue weighted by Crippen LogP contribution is 2.35. The van der Waals surface area contributed by atoms with E-state index < -0.39 is 17.7 Å². The summed E-state index contributed by atoms with van der Waals surface area (Å²) in [7, 11) is 0. The van der Waals surface area contributed by atoms with Gasteiger partial charge in [0.25, 0.3) is 5.91 Å². The molecule has 2 aliphatic rings. The van der Waals surface area contributed by atoms with Crippen molar-refractivity contribution in [1.82, 2.24) is 10.9 Å². The number of hydrogen-bond donors (Lipinski definition) is 2. The number of nitrogens with one attached hydrogen (secondary N) is 2. The molecule has 0 unspecified atom stereocenters. The number of fused-ring (bicyclic) bond motifs is 1. The number of hydrogen-bond acceptors (Lipinski definition) is 6. The molecule has 0 spiro atoms. The highest BCUT2D eigenvalue weighted by molar-refractivity contribution is 6.01. The normalized spacial score (nSPS) is 17.9. The third-order valence-corrected chi connectivity index (χ3v) is 4.92. The van der Waals surface area contributed by atoms with Crippen LogP contribution in [0, 0.1) is 19.8 Å². The van der Waals surface area contributed by atoms with Crippen molar-refractivity contribution in [2.45, 2.75) is 20.3 Å². The molecule has 0 radical (unpaired) electrons. The molecule has 4 rings (SSSR count). The molecule has 152 valence electrons. The lowest BCUT2D eigenvalue weighted by Gasteiger charge is -2.22. The fourth-order valence-electron chi connectivity index (χ4n) is 3.48. The second-order valence-corrected chi connectivity index (χ2v) is 7.00. The van der Waals surface area contributed by atoms with Crippen LogP contribution in [0.4, 0.5) is 5.69 Å². The molecule has 3 heterocycles. The predicted molar refractivity (Wildman–Crippen MR) is 102 cm³/mol. The zero-order chi connectivity index (χ0) is 20.5. The molecule has 1 fully saturated rings. The Kier molecular flexibility index (Phi) is 4.87. The van der Waals surface area contributed by atoms with Gasteiger partial charge in [-0.3, -0.25) is 25.2 Å². The van der Waals surface area contributed by atoms with Crippen molar-refractivity contribution in [1.29, 1.82) is 0 Å². The fourth-order valence-corrected chi connectivity index (χ4v) is 3.48. The summed E-state index contributed by atoms with van der Waals surface area (Å²) >= 11 is 0. The third-order valence-electron chi connectivity index (χ3n) is 4.92. The van der Waals surface area contributed by atoms with Crippen LogP contribution in [0.2, 0.25) is 0 Å². The van der Waals surface area contributed by atoms with E-state index in [0.717, 1.165) is 0 Å². The molecule has 3 amide bonds. The van der Waals surface area contributed by atoms with Crippen LogP contribution in [0.3, 0.4) is 0 Å². The maximum Gasteiger partial charge on any atom is 0.273 e. The molecule has 0 bridgehead atoms. The minimum Gasteiger partial charge on any atom is -0.486 e. The van der Waals surface area contributed by atoms with Crippen molar-refractivity contribution in [3.8, 4) is 11.5 Å². The van der Waals surface area contributed by atoms with Gasteiger partial charge in [-0.2, -0.15) is 0 Å². The molecule has 9 heteroatoms. The van der Waals surface area contributed by atoms with Crippen molar-refractivity contribution < 1.29 is 28.3 Å². The summed E-state index contributed by atoms with van der Waals surface area (Å²) in [6, 6.07) is 6.84. The second-order valence-electron chi connectivity index (χ2n) is 7.00. The van der Waals surface area contributed by atoms with Gasteiger partial charge in [-0.15, -0.1) is 0 Å². The van der Waals surface area contributed by atoms with Crippen molar-refractivity contribution in [3.05, 3.63) is 41.3 Å². The maximum absolute atomic E-state index is 12.5. The Morgan fingerprint density at radius 3 is 2.55 bits per heavy atom. The van der Waals surface area contributed by atoms with Crippen LogP contribution in [0.5, 0.6) is 11.5 Å². The lowest BCUT2D eigenvalue weighted by atomic mass is 10.1. The van der Waals surface area contributed by atoms with E-state index in [-0.39, 0.29) is 18.9 Å². The van der Waals surface area contributed by atoms with Gasteiger partial charge in [-0.25, -0.2) is 0 Å². The van der Waals surface area contributed by atoms with Crippen LogP contribution in [0.15, 0.2) is 28.7 Å². The first-order valence-corrected chi connectivity index (χ1v) is 9.29. The smallest absolute Gasteiger partial charge is 0.273 e. The van der Waals surface area contributed by atoms with E-state index in [1.807, 2.05) is 0 Å². The van der Waals surface area contributed by atoms with Gasteiger partial charge >= 0.3 is 0 Å². The molecule has 2 N–H and O–H groups in total. The van der Waals surface area contributed by atoms with Crippen LogP contribution in [0.25, 0.3) is 0 Å². The van der Waals surface area contributed by atoms with Crippen LogP contribution in [0.1, 0.15) is 28.3 Å². The first-order chi connectivity index (χ1) is 13.9. The van der Waals surface area contributed by atoms with E-state index >= 15 is 0 Å². The Balaban J connectivity index is 1.38. The summed E-state index contributed by atoms with van der Waals surface area (Å²) < 4.78 is 16.4. The van der Waals surface area contributed by atoms with Gasteiger partial charge < -0.3 is 18.8 Å². The van der Waals surface area contributed by atoms with Crippen molar-refractivity contribution >= 4 is 23.4 Å². The molecule has 9 nitrogen and oxygen atoms in total. The first-order valence-electron chi connectivity index (χ1n) is 9.29. The topological polar surface area (TPSA) is 110 Å². The van der Waals surface area contributed by atoms with Crippen LogP contribution in [-0.4, -0.2) is 37.5 Å². The van der Waals surface area contributed by atoms with Gasteiger partial charge in [0.15, 0.2) is 11.5 Å². The molecule has 0 aliphatic carbocycles. The van der Waals surface area contributed by atoms with Crippen molar-refractivity contribution in [2.75, 3.05) is 24.7 Å². The first kappa shape index (κ1) is 18.9. The number of ether oxygens (including phenoxy) is 2. The average Bonchev–Trinajstić information content (AvgIpc) is 3.27. The molecule has 2 aliphatic heterocycles. The largest absolute Gasteiger partial charge is 0.486 e. The number of furan rings is 1. The van der Waals surface area contributed by atoms with Gasteiger partial charge in [0.1, 0.15) is 24.7 Å². The number of aryl methyl sites for hydroxylation is 2. The minimum absolute atomic E-state index is 0.0555. The highest BCUT2D eigenvalue weighted by Gasteiger charge is 2.36. The standard InChI is InChI=1S/C20H21N3O6/c1-11-7-15(12(2)29-11)20(26)22-21-19(25)13-8-18(24)23(10-13)14-3-4-16-17(9-14)28-6-5-27-16/h3-4,7,9,13H,5-6,8,10H2,1-2H3,(H,21,25)(H,22,26)/t13-/m0/s1. The van der Waals surface area contributed by atoms with E-state index in [2.05, 4.69) is 10.9 Å². The van der Waals surface area contributed by atoms with E-state index in [4.69, 9.17) is 13.9 Å². The number of anilines is 1. The Bertz CT molecular complexity index is 983. The van der Waals surface area contributed by atoms with Crippen LogP contribution < -0.4 is 25.2 Å². The van der Waals surface area contributed by atoms with Crippen LogP contribution >= 0.6 is 0 Å². The van der Waals surface area contributed by atoms with E-state index in [1.54, 1.807) is 38.1 Å². The zero-order valence-electron chi connectivity index (χ0n) is 16.1. The number of rotatable bonds is 3. The monoisotopic (exact) mass is 399 g/mol. The Morgan fingerprint density at radius 1 is 1.07 bits per heavy atom. The number of carbonyl (C=O) groups excluding carboxylic acids is 3. The van der Waals surface area contributed by atoms with E-state index in [0.29, 0.717) is 47.5 Å². The van der Waals surface area contributed by atoms with Gasteiger partial charge in [-0.1, -0.05) is 0 Å². The van der Waals surface area contributed by atoms with Gasteiger partial charge in [-0.05, 0) is 32.0 Å². The summed E-state index contributed by atoms with van der Waals surface area (Å²) in [6.07, 6.45) is 0.0555. The van der Waals surface area contributed by atoms with E-state index in [9.17, 15) is 14.4 Å². The lowest BCUT2D eigenvalue weighted by Crippen LogP contribution is -2.45. The number of nitrogens with zero attached hydrogens (tertiary/aromatic N) is 1. The molecule has 1 aromatic carbocycles. The van der Waals surface area contributed by atoms with Gasteiger partial charge in [0.2, 0.25) is 11.8 Å². The Labute approximate surface area is 166 Å². The maximum atomic E-state index is 12.5. The molecular formula is C20H21N3O6. The summed E-state index contributed by atoms with van der Waals surface area (Å²) in [4.78, 5) is 38.6. The van der Waals surface area contributed by atoms with Crippen molar-refractivity contribution in [3.63, 3.8) is 0 Å². The molecule has 1 aromatic heterocycles. The average molecular weight is 399 g/mol. The quantitative estimate of drug-likeness (QED) is 0.757. The lowest BCUT2D eigenvalue weighted by molar-refractivity contribution is -0.126. The second kappa shape index (κ2) is 7.50. The van der Waals surface area contributed by atoms with Crippen molar-refractivity contribution in [2.24, 2.45) is 5.92 Å². The Morgan fingerprint density at radius 2 is 1.83 bits per heavy atom. The SMILES string of the molecule is Cc1cc(C(=O)NNC(=O)[C@H]2CC(=O)N(c3ccc4c(c3)OCCO4)C2)c(C)o1. The van der Waals surface area contributed by atoms with Gasteiger partial charge in [0, 0.05) is 24.7 Å². The Hall–Kier alpha value is -3.49. The summed E-state index contributed by atoms with van der Waals surface area (Å²) in [5.74, 6) is 0.634. The van der Waals surface area contributed by atoms with Crippen LogP contribution in [-0.2, 0) is 9.59 Å². The number of hydrazine groups is 1. The molecule has 1 atom stereocenters. The number of benzene rings is 1. The zero-order valence-corrected chi connectivity index (χ0v) is 16.1. The minimum atomic E-state index is -0.580. The summed E-state index contributed by atoms with van der Waals surface area (Å²) in [5, 5.41) is 0. The summed E-state index contributed by atoms with van der Waals surface area (Å²) in [6.45, 7) is 4.55. The number of carbonyl (C=O) groups is 3. The molecule has 29 heavy (non-hydrogen) atoms. The predicted octanol–water partition coefficient (Wildman–Crippen LogP) is 1.48. The molecule has 2 aromatic rings. The van der Waals surface area contributed by atoms with Gasteiger partial charge in [0.05, 0.1) is 11.5 Å².